The molecule has 3 aromatic heterocycles. The highest BCUT2D eigenvalue weighted by Gasteiger charge is 2.30. The molecule has 7 rings (SSSR count). The maximum Gasteiger partial charge on any atom is 0.335 e. The van der Waals surface area contributed by atoms with E-state index in [0.717, 1.165) is 34.3 Å². The van der Waals surface area contributed by atoms with Gasteiger partial charge in [-0.05, 0) is 66.2 Å². The van der Waals surface area contributed by atoms with Gasteiger partial charge >= 0.3 is 5.97 Å². The number of aromatic carboxylic acids is 1. The Morgan fingerprint density at radius 3 is 2.34 bits per heavy atom. The van der Waals surface area contributed by atoms with Crippen molar-refractivity contribution in [3.05, 3.63) is 131 Å². The Bertz CT molecular complexity index is 2480. The molecule has 0 aliphatic heterocycles. The number of hydrogen-bond acceptors (Lipinski definition) is 5. The molecule has 1 N–H and O–H groups in total. The van der Waals surface area contributed by atoms with Crippen LogP contribution in [0.4, 0.5) is 13.2 Å². The summed E-state index contributed by atoms with van der Waals surface area (Å²) < 4.78 is 73.5. The number of nitrogens with zero attached hydrogens (tertiary/aromatic N) is 4. The summed E-state index contributed by atoms with van der Waals surface area (Å²) in [5.74, 6) is -1.76. The molecule has 0 aliphatic carbocycles. The molecular weight excluding hydrogens is 653 g/mol. The Kier molecular flexibility index (Phi) is 7.33. The van der Waals surface area contributed by atoms with Gasteiger partial charge in [-0.3, -0.25) is 4.40 Å². The van der Waals surface area contributed by atoms with Crippen LogP contribution in [0, 0.1) is 5.82 Å². The van der Waals surface area contributed by atoms with Gasteiger partial charge in [-0.15, -0.1) is 10.2 Å². The minimum atomic E-state index is -4.51. The van der Waals surface area contributed by atoms with E-state index in [1.807, 2.05) is 0 Å². The van der Waals surface area contributed by atoms with Crippen molar-refractivity contribution in [3.8, 4) is 33.6 Å². The van der Waals surface area contributed by atoms with Crippen LogP contribution in [-0.2, 0) is 10.0 Å². The van der Waals surface area contributed by atoms with E-state index in [4.69, 9.17) is 11.6 Å². The summed E-state index contributed by atoms with van der Waals surface area (Å²) >= 11 is 6.51. The summed E-state index contributed by atoms with van der Waals surface area (Å²) in [4.78, 5) is 11.2. The number of carbonyl (C=O) groups is 1. The van der Waals surface area contributed by atoms with Gasteiger partial charge in [0, 0.05) is 32.7 Å². The van der Waals surface area contributed by atoms with Crippen LogP contribution in [0.3, 0.4) is 0 Å². The molecule has 0 fully saturated rings. The van der Waals surface area contributed by atoms with Gasteiger partial charge < -0.3 is 5.11 Å². The van der Waals surface area contributed by atoms with E-state index >= 15 is 0 Å². The van der Waals surface area contributed by atoms with Crippen molar-refractivity contribution >= 4 is 44.1 Å². The molecule has 0 aliphatic rings. The number of fused-ring (bicyclic) bond motifs is 2. The number of hydrogen-bond donors (Lipinski definition) is 1. The Labute approximate surface area is 270 Å². The Balaban J connectivity index is 1.58. The van der Waals surface area contributed by atoms with Crippen LogP contribution in [0.5, 0.6) is 0 Å². The van der Waals surface area contributed by atoms with Gasteiger partial charge in [-0.25, -0.2) is 30.4 Å². The van der Waals surface area contributed by atoms with Crippen molar-refractivity contribution < 1.29 is 31.5 Å². The highest BCUT2D eigenvalue weighted by Crippen LogP contribution is 2.44. The van der Waals surface area contributed by atoms with Crippen LogP contribution in [0.1, 0.15) is 22.3 Å². The van der Waals surface area contributed by atoms with Crippen LogP contribution in [0.2, 0.25) is 5.02 Å². The second kappa shape index (κ2) is 11.4. The number of halogens is 4. The van der Waals surface area contributed by atoms with Gasteiger partial charge in [-0.2, -0.15) is 0 Å². The number of carboxylic acid groups (broad SMARTS) is 1. The molecule has 0 saturated heterocycles. The number of carboxylic acids is 1. The Hall–Kier alpha value is -5.46. The molecule has 3 heterocycles. The summed E-state index contributed by atoms with van der Waals surface area (Å²) in [5.41, 5.74) is 2.57. The topological polar surface area (TPSA) is 107 Å². The summed E-state index contributed by atoms with van der Waals surface area (Å²) in [7, 11) is -4.51. The molecule has 0 amide bonds. The van der Waals surface area contributed by atoms with Crippen LogP contribution < -0.4 is 0 Å². The number of rotatable bonds is 7. The Morgan fingerprint density at radius 2 is 1.62 bits per heavy atom. The van der Waals surface area contributed by atoms with E-state index in [0.29, 0.717) is 33.6 Å². The zero-order chi connectivity index (χ0) is 33.0. The highest BCUT2D eigenvalue weighted by atomic mass is 35.5. The van der Waals surface area contributed by atoms with Crippen LogP contribution in [0.15, 0.2) is 114 Å². The second-order valence-corrected chi connectivity index (χ2v) is 12.8. The molecule has 4 aromatic carbocycles. The van der Waals surface area contributed by atoms with Crippen LogP contribution in [-0.4, -0.2) is 38.1 Å². The molecule has 0 atom stereocenters. The third-order valence-electron chi connectivity index (χ3n) is 7.81. The molecule has 0 spiro atoms. The van der Waals surface area contributed by atoms with Crippen LogP contribution in [0.25, 0.3) is 50.2 Å². The third-order valence-corrected chi connectivity index (χ3v) is 9.85. The SMILES string of the molecule is O=C(O)c1ccc(-c2cccc(-c3c(-c4cccc5nncn45)c4cc(F)ccc4n3S(=O)(=O)c3ccc(C(F)F)cc3)c2)c(Cl)c1. The third kappa shape index (κ3) is 5.11. The quantitative estimate of drug-likeness (QED) is 0.182. The van der Waals surface area contributed by atoms with Gasteiger partial charge in [0.05, 0.1) is 27.4 Å². The van der Waals surface area contributed by atoms with E-state index < -0.39 is 28.2 Å². The van der Waals surface area contributed by atoms with Crippen molar-refractivity contribution in [1.29, 1.82) is 0 Å². The molecule has 0 unspecified atom stereocenters. The molecule has 0 radical (unpaired) electrons. The fourth-order valence-electron chi connectivity index (χ4n) is 5.67. The molecular formula is C34H20ClF3N4O4S. The predicted molar refractivity (Wildman–Crippen MR) is 171 cm³/mol. The lowest BCUT2D eigenvalue weighted by Crippen LogP contribution is -2.14. The summed E-state index contributed by atoms with van der Waals surface area (Å²) in [6.45, 7) is 0. The lowest BCUT2D eigenvalue weighted by Gasteiger charge is -2.16. The molecule has 7 aromatic rings. The zero-order valence-corrected chi connectivity index (χ0v) is 25.4. The minimum Gasteiger partial charge on any atom is -0.478 e. The van der Waals surface area contributed by atoms with Gasteiger partial charge in [0.25, 0.3) is 16.4 Å². The molecule has 13 heteroatoms. The fourth-order valence-corrected chi connectivity index (χ4v) is 7.50. The summed E-state index contributed by atoms with van der Waals surface area (Å²) in [5, 5.41) is 17.9. The average molecular weight is 673 g/mol. The number of aromatic nitrogens is 4. The molecule has 0 saturated carbocycles. The average Bonchev–Trinajstić information content (AvgIpc) is 3.68. The molecule has 0 bridgehead atoms. The number of benzene rings is 4. The first kappa shape index (κ1) is 30.2. The second-order valence-electron chi connectivity index (χ2n) is 10.6. The largest absolute Gasteiger partial charge is 0.478 e. The smallest absolute Gasteiger partial charge is 0.335 e. The number of pyridine rings is 1. The van der Waals surface area contributed by atoms with Crippen molar-refractivity contribution in [2.75, 3.05) is 0 Å². The number of alkyl halides is 2. The maximum atomic E-state index is 15.0. The molecule has 8 nitrogen and oxygen atoms in total. The van der Waals surface area contributed by atoms with Gasteiger partial charge in [-0.1, -0.05) is 54.1 Å². The lowest BCUT2D eigenvalue weighted by molar-refractivity contribution is 0.0697. The zero-order valence-electron chi connectivity index (χ0n) is 23.9. The lowest BCUT2D eigenvalue weighted by atomic mass is 9.97. The fraction of sp³-hybridized carbons (Fsp3) is 0.0294. The van der Waals surface area contributed by atoms with E-state index in [1.54, 1.807) is 52.9 Å². The highest BCUT2D eigenvalue weighted by molar-refractivity contribution is 7.90. The minimum absolute atomic E-state index is 0.00895. The van der Waals surface area contributed by atoms with Crippen molar-refractivity contribution in [2.24, 2.45) is 0 Å². The maximum absolute atomic E-state index is 15.0. The predicted octanol–water partition coefficient (Wildman–Crippen LogP) is 8.35. The first-order valence-corrected chi connectivity index (χ1v) is 15.8. The van der Waals surface area contributed by atoms with Gasteiger partial charge in [0.1, 0.15) is 12.1 Å². The van der Waals surface area contributed by atoms with Crippen molar-refractivity contribution in [2.45, 2.75) is 11.3 Å². The summed E-state index contributed by atoms with van der Waals surface area (Å²) in [6, 6.07) is 24.2. The first-order valence-electron chi connectivity index (χ1n) is 13.9. The first-order chi connectivity index (χ1) is 22.5. The van der Waals surface area contributed by atoms with Crippen molar-refractivity contribution in [3.63, 3.8) is 0 Å². The molecule has 234 valence electrons. The standard InChI is InChI=1S/C34H20ClF3N4O4S/c35-27-16-22(34(43)44)9-13-25(27)20-3-1-4-21(15-20)32-31(29-5-2-6-30-40-39-18-41(29)30)26-17-23(36)10-14-28(26)42(32)47(45,46)24-11-7-19(8-12-24)33(37)38/h1-18,33H,(H,43,44). The van der Waals surface area contributed by atoms with E-state index in [-0.39, 0.29) is 37.6 Å². The molecule has 47 heavy (non-hydrogen) atoms. The van der Waals surface area contributed by atoms with E-state index in [2.05, 4.69) is 10.2 Å². The van der Waals surface area contributed by atoms with Gasteiger partial charge in [0.2, 0.25) is 0 Å². The van der Waals surface area contributed by atoms with Gasteiger partial charge in [0.15, 0.2) is 5.65 Å². The Morgan fingerprint density at radius 1 is 0.872 bits per heavy atom. The normalized spacial score (nSPS) is 11.9. The van der Waals surface area contributed by atoms with E-state index in [1.165, 1.54) is 30.6 Å². The summed E-state index contributed by atoms with van der Waals surface area (Å²) in [6.07, 6.45) is -1.35. The monoisotopic (exact) mass is 672 g/mol. The van der Waals surface area contributed by atoms with E-state index in [9.17, 15) is 31.5 Å². The van der Waals surface area contributed by atoms with Crippen molar-refractivity contribution in [1.82, 2.24) is 18.6 Å². The van der Waals surface area contributed by atoms with Crippen LogP contribution >= 0.6 is 11.6 Å².